The van der Waals surface area contributed by atoms with Crippen molar-refractivity contribution in [2.75, 3.05) is 19.1 Å². The fourth-order valence-corrected chi connectivity index (χ4v) is 4.18. The number of ether oxygens (including phenoxy) is 2. The van der Waals surface area contributed by atoms with Gasteiger partial charge in [-0.15, -0.1) is 16.7 Å². The quantitative estimate of drug-likeness (QED) is 0.240. The molecule has 0 aliphatic rings. The van der Waals surface area contributed by atoms with Gasteiger partial charge in [-0.2, -0.15) is 0 Å². The third-order valence-corrected chi connectivity index (χ3v) is 6.83. The van der Waals surface area contributed by atoms with Crippen LogP contribution >= 0.6 is 34.2 Å². The molecule has 7 nitrogen and oxygen atoms in total. The van der Waals surface area contributed by atoms with Gasteiger partial charge >= 0.3 is 0 Å². The molecule has 34 heavy (non-hydrogen) atoms. The number of aliphatic hydroxyl groups excluding tert-OH is 2. The number of hydrogen-bond acceptors (Lipinski definition) is 6. The Morgan fingerprint density at radius 2 is 1.71 bits per heavy atom. The highest BCUT2D eigenvalue weighted by Crippen LogP contribution is 2.35. The number of aryl methyl sites for hydroxylation is 1. The summed E-state index contributed by atoms with van der Waals surface area (Å²) in [5.74, 6) is 1.56. The number of halogens is 2. The topological polar surface area (TPSA) is 89.6 Å². The van der Waals surface area contributed by atoms with Gasteiger partial charge in [-0.25, -0.2) is 4.68 Å². The molecule has 0 fully saturated rings. The second-order valence-electron chi connectivity index (χ2n) is 8.66. The summed E-state index contributed by atoms with van der Waals surface area (Å²) in [7, 11) is 0. The predicted octanol–water partition coefficient (Wildman–Crippen LogP) is 4.19. The van der Waals surface area contributed by atoms with Crippen LogP contribution in [0.25, 0.3) is 0 Å². The smallest absolute Gasteiger partial charge is 0.132 e. The minimum Gasteiger partial charge on any atom is -0.491 e. The Bertz CT molecular complexity index is 1060. The average molecular weight is 600 g/mol. The molecule has 3 rings (SSSR count). The van der Waals surface area contributed by atoms with Crippen molar-refractivity contribution in [3.8, 4) is 11.5 Å². The minimum absolute atomic E-state index is 0.141. The maximum absolute atomic E-state index is 10.3. The molecule has 0 saturated carbocycles. The average Bonchev–Trinajstić information content (AvgIpc) is 3.29. The van der Waals surface area contributed by atoms with Crippen molar-refractivity contribution < 1.29 is 19.7 Å². The number of aliphatic hydroxyl groups is 2. The summed E-state index contributed by atoms with van der Waals surface area (Å²) < 4.78 is 14.1. The van der Waals surface area contributed by atoms with E-state index in [1.165, 1.54) is 0 Å². The van der Waals surface area contributed by atoms with Gasteiger partial charge in [-0.05, 0) is 64.4 Å². The molecule has 0 unspecified atom stereocenters. The van der Waals surface area contributed by atoms with Crippen molar-refractivity contribution in [2.24, 2.45) is 0 Å². The van der Waals surface area contributed by atoms with E-state index in [4.69, 9.17) is 21.1 Å². The molecule has 2 aromatic carbocycles. The van der Waals surface area contributed by atoms with E-state index in [1.807, 2.05) is 49.5 Å². The first kappa shape index (κ1) is 26.7. The second kappa shape index (κ2) is 12.2. The Hall–Kier alpha value is -1.88. The summed E-state index contributed by atoms with van der Waals surface area (Å²) in [6.07, 6.45) is 1.27. The minimum atomic E-state index is -0.688. The Kier molecular flexibility index (Phi) is 9.58. The Morgan fingerprint density at radius 3 is 2.32 bits per heavy atom. The SMILES string of the molecule is CCc1cn(C[C@H](O)COc2ccc(C(C)(C)c3ccc(OC[C@H](O)CCl)c(I)c3)cc2)nn1. The van der Waals surface area contributed by atoms with Gasteiger partial charge in [-0.3, -0.25) is 0 Å². The monoisotopic (exact) mass is 599 g/mol. The van der Waals surface area contributed by atoms with Gasteiger partial charge in [0.2, 0.25) is 0 Å². The molecular weight excluding hydrogens is 569 g/mol. The number of alkyl halides is 1. The lowest BCUT2D eigenvalue weighted by Crippen LogP contribution is -2.24. The summed E-state index contributed by atoms with van der Waals surface area (Å²) in [5, 5.41) is 27.9. The number of benzene rings is 2. The molecule has 184 valence electrons. The van der Waals surface area contributed by atoms with E-state index in [0.29, 0.717) is 12.3 Å². The molecule has 2 N–H and O–H groups in total. The second-order valence-corrected chi connectivity index (χ2v) is 10.1. The van der Waals surface area contributed by atoms with E-state index in [0.717, 1.165) is 32.6 Å². The van der Waals surface area contributed by atoms with Gasteiger partial charge in [-0.1, -0.05) is 44.2 Å². The van der Waals surface area contributed by atoms with Crippen LogP contribution in [-0.4, -0.2) is 56.5 Å². The van der Waals surface area contributed by atoms with Crippen molar-refractivity contribution in [3.63, 3.8) is 0 Å². The third kappa shape index (κ3) is 7.07. The molecule has 0 aliphatic carbocycles. The lowest BCUT2D eigenvalue weighted by atomic mass is 9.78. The van der Waals surface area contributed by atoms with E-state index < -0.39 is 12.2 Å². The maximum Gasteiger partial charge on any atom is 0.132 e. The van der Waals surface area contributed by atoms with Crippen LogP contribution in [0.5, 0.6) is 11.5 Å². The van der Waals surface area contributed by atoms with Gasteiger partial charge in [0.1, 0.15) is 36.9 Å². The Balaban J connectivity index is 1.59. The normalized spacial score (nSPS) is 13.5. The van der Waals surface area contributed by atoms with Crippen LogP contribution in [0.4, 0.5) is 0 Å². The Labute approximate surface area is 219 Å². The first-order valence-electron chi connectivity index (χ1n) is 11.2. The van der Waals surface area contributed by atoms with E-state index in [9.17, 15) is 10.2 Å². The third-order valence-electron chi connectivity index (χ3n) is 5.63. The number of aromatic nitrogens is 3. The zero-order valence-electron chi connectivity index (χ0n) is 19.6. The first-order chi connectivity index (χ1) is 16.2. The highest BCUT2D eigenvalue weighted by molar-refractivity contribution is 14.1. The molecule has 1 heterocycles. The number of hydrogen-bond donors (Lipinski definition) is 2. The fraction of sp³-hybridized carbons (Fsp3) is 0.440. The van der Waals surface area contributed by atoms with Gasteiger partial charge in [0.25, 0.3) is 0 Å². The molecule has 2 atom stereocenters. The predicted molar refractivity (Wildman–Crippen MR) is 141 cm³/mol. The molecule has 0 spiro atoms. The van der Waals surface area contributed by atoms with Gasteiger partial charge < -0.3 is 19.7 Å². The van der Waals surface area contributed by atoms with E-state index >= 15 is 0 Å². The number of rotatable bonds is 12. The lowest BCUT2D eigenvalue weighted by molar-refractivity contribution is 0.0888. The first-order valence-corrected chi connectivity index (χ1v) is 12.8. The zero-order valence-corrected chi connectivity index (χ0v) is 22.5. The van der Waals surface area contributed by atoms with Crippen LogP contribution in [0.2, 0.25) is 0 Å². The van der Waals surface area contributed by atoms with Crippen molar-refractivity contribution in [3.05, 3.63) is 69.1 Å². The molecule has 9 heteroatoms. The van der Waals surface area contributed by atoms with Crippen LogP contribution in [0.1, 0.15) is 37.6 Å². The fourth-order valence-electron chi connectivity index (χ4n) is 3.42. The molecule has 0 aliphatic heterocycles. The molecule has 0 bridgehead atoms. The van der Waals surface area contributed by atoms with Gasteiger partial charge in [0.15, 0.2) is 0 Å². The summed E-state index contributed by atoms with van der Waals surface area (Å²) in [5.41, 5.74) is 2.94. The van der Waals surface area contributed by atoms with Gasteiger partial charge in [0, 0.05) is 11.6 Å². The van der Waals surface area contributed by atoms with Crippen molar-refractivity contribution in [1.82, 2.24) is 15.0 Å². The highest BCUT2D eigenvalue weighted by atomic mass is 127. The maximum atomic E-state index is 10.3. The van der Waals surface area contributed by atoms with Crippen LogP contribution in [-0.2, 0) is 18.4 Å². The largest absolute Gasteiger partial charge is 0.491 e. The lowest BCUT2D eigenvalue weighted by Gasteiger charge is -2.27. The molecule has 0 saturated heterocycles. The van der Waals surface area contributed by atoms with Crippen LogP contribution in [0.3, 0.4) is 0 Å². The van der Waals surface area contributed by atoms with Crippen LogP contribution in [0, 0.1) is 3.57 Å². The van der Waals surface area contributed by atoms with Crippen molar-refractivity contribution >= 4 is 34.2 Å². The number of nitrogens with zero attached hydrogens (tertiary/aromatic N) is 3. The summed E-state index contributed by atoms with van der Waals surface area (Å²) in [4.78, 5) is 0. The zero-order chi connectivity index (χ0) is 24.7. The molecule has 1 aromatic heterocycles. The van der Waals surface area contributed by atoms with Crippen LogP contribution in [0.15, 0.2) is 48.7 Å². The van der Waals surface area contributed by atoms with Gasteiger partial charge in [0.05, 0.1) is 21.7 Å². The molecule has 0 radical (unpaired) electrons. The van der Waals surface area contributed by atoms with Crippen molar-refractivity contribution in [2.45, 2.75) is 51.4 Å². The molecule has 3 aromatic rings. The Morgan fingerprint density at radius 1 is 1.03 bits per heavy atom. The van der Waals surface area contributed by atoms with E-state index in [-0.39, 0.29) is 24.5 Å². The summed E-state index contributed by atoms with van der Waals surface area (Å²) in [6.45, 7) is 7.01. The summed E-state index contributed by atoms with van der Waals surface area (Å²) >= 11 is 7.88. The van der Waals surface area contributed by atoms with Crippen LogP contribution < -0.4 is 9.47 Å². The molecule has 0 amide bonds. The van der Waals surface area contributed by atoms with E-state index in [2.05, 4.69) is 52.8 Å². The molecular formula is C25H31ClIN3O4. The summed E-state index contributed by atoms with van der Waals surface area (Å²) in [6, 6.07) is 14.0. The van der Waals surface area contributed by atoms with E-state index in [1.54, 1.807) is 4.68 Å². The highest BCUT2D eigenvalue weighted by Gasteiger charge is 2.24. The standard InChI is InChI=1S/C25H31ClIN3O4/c1-4-19-13-30(29-28-19)14-21(32)16-33-22-8-5-17(6-9-22)25(2,3)18-7-10-24(23(27)11-18)34-15-20(31)12-26/h5-11,13,20-21,31-32H,4,12,14-16H2,1-3H3/t20-,21+/m1/s1. The van der Waals surface area contributed by atoms with Crippen molar-refractivity contribution in [1.29, 1.82) is 0 Å².